The van der Waals surface area contributed by atoms with Gasteiger partial charge in [-0.2, -0.15) is 0 Å². The van der Waals surface area contributed by atoms with E-state index in [2.05, 4.69) is 10.3 Å². The molecule has 1 aromatic heterocycles. The first kappa shape index (κ1) is 19.5. The Morgan fingerprint density at radius 2 is 2.03 bits per heavy atom. The van der Waals surface area contributed by atoms with Crippen molar-refractivity contribution in [2.45, 2.75) is 25.3 Å². The third kappa shape index (κ3) is 4.15. The molecule has 3 heterocycles. The van der Waals surface area contributed by atoms with Crippen molar-refractivity contribution in [3.05, 3.63) is 53.9 Å². The number of carbonyl (C=O) groups excluding carboxylic acids is 2. The number of nitrogens with one attached hydrogen (secondary N) is 2. The summed E-state index contributed by atoms with van der Waals surface area (Å²) in [6.45, 7) is 2.14. The molecule has 7 heteroatoms. The molecular weight excluding hydrogens is 370 g/mol. The molecule has 2 fully saturated rings. The van der Waals surface area contributed by atoms with Gasteiger partial charge in [-0.15, -0.1) is 0 Å². The summed E-state index contributed by atoms with van der Waals surface area (Å²) in [7, 11) is 1.63. The van der Waals surface area contributed by atoms with Crippen LogP contribution in [-0.2, 0) is 16.0 Å². The van der Waals surface area contributed by atoms with E-state index < -0.39 is 5.41 Å². The summed E-state index contributed by atoms with van der Waals surface area (Å²) in [5.74, 6) is 0.707. The number of H-pyrrole nitrogens is 1. The standard InChI is InChI=1S/C22H27N3O4/c1-28-18-5-2-4-16(12-18)13-22(21(27)24-17-7-10-29-11-8-17)14-25(15-22)20(26)19-6-3-9-23-19/h2-6,9,12,17,23H,7-8,10-11,13-15H2,1H3,(H,24,27). The van der Waals surface area contributed by atoms with Crippen molar-refractivity contribution in [2.24, 2.45) is 5.41 Å². The van der Waals surface area contributed by atoms with Crippen LogP contribution in [0, 0.1) is 5.41 Å². The second-order valence-corrected chi connectivity index (χ2v) is 7.91. The van der Waals surface area contributed by atoms with Gasteiger partial charge in [0.05, 0.1) is 12.5 Å². The maximum absolute atomic E-state index is 13.3. The number of benzene rings is 1. The van der Waals surface area contributed by atoms with E-state index in [0.717, 1.165) is 24.2 Å². The smallest absolute Gasteiger partial charge is 0.270 e. The number of hydrogen-bond acceptors (Lipinski definition) is 4. The van der Waals surface area contributed by atoms with Crippen LogP contribution in [0.1, 0.15) is 28.9 Å². The summed E-state index contributed by atoms with van der Waals surface area (Å²) < 4.78 is 10.7. The van der Waals surface area contributed by atoms with Gasteiger partial charge in [0.1, 0.15) is 11.4 Å². The first-order valence-corrected chi connectivity index (χ1v) is 10.0. The minimum atomic E-state index is -0.632. The lowest BCUT2D eigenvalue weighted by Crippen LogP contribution is -2.66. The van der Waals surface area contributed by atoms with Crippen LogP contribution in [0.25, 0.3) is 0 Å². The van der Waals surface area contributed by atoms with E-state index in [1.54, 1.807) is 30.3 Å². The fourth-order valence-corrected chi connectivity index (χ4v) is 4.15. The minimum absolute atomic E-state index is 0.0164. The highest BCUT2D eigenvalue weighted by Gasteiger charge is 2.51. The molecule has 7 nitrogen and oxygen atoms in total. The van der Waals surface area contributed by atoms with Crippen LogP contribution < -0.4 is 10.1 Å². The number of amides is 2. The second-order valence-electron chi connectivity index (χ2n) is 7.91. The first-order chi connectivity index (χ1) is 14.1. The molecule has 2 N–H and O–H groups in total. The van der Waals surface area contributed by atoms with E-state index in [4.69, 9.17) is 9.47 Å². The van der Waals surface area contributed by atoms with Crippen LogP contribution in [0.15, 0.2) is 42.6 Å². The molecule has 0 unspecified atom stereocenters. The van der Waals surface area contributed by atoms with Crippen molar-refractivity contribution in [3.8, 4) is 5.75 Å². The predicted octanol–water partition coefficient (Wildman–Crippen LogP) is 2.00. The highest BCUT2D eigenvalue weighted by Crippen LogP contribution is 2.36. The molecule has 0 saturated carbocycles. The fraction of sp³-hybridized carbons (Fsp3) is 0.455. The van der Waals surface area contributed by atoms with E-state index in [9.17, 15) is 9.59 Å². The van der Waals surface area contributed by atoms with Gasteiger partial charge in [0, 0.05) is 38.5 Å². The topological polar surface area (TPSA) is 83.7 Å². The lowest BCUT2D eigenvalue weighted by molar-refractivity contribution is -0.140. The number of methoxy groups -OCH3 is 1. The van der Waals surface area contributed by atoms with Crippen molar-refractivity contribution in [1.29, 1.82) is 0 Å². The molecule has 2 saturated heterocycles. The molecule has 0 spiro atoms. The van der Waals surface area contributed by atoms with Crippen LogP contribution in [-0.4, -0.2) is 61.2 Å². The molecular formula is C22H27N3O4. The zero-order chi connectivity index (χ0) is 20.3. The quantitative estimate of drug-likeness (QED) is 0.781. The summed E-state index contributed by atoms with van der Waals surface area (Å²) in [6, 6.07) is 11.5. The molecule has 2 aliphatic heterocycles. The van der Waals surface area contributed by atoms with E-state index in [1.807, 2.05) is 24.3 Å². The van der Waals surface area contributed by atoms with Crippen LogP contribution in [0.3, 0.4) is 0 Å². The third-order valence-corrected chi connectivity index (χ3v) is 5.82. The van der Waals surface area contributed by atoms with Gasteiger partial charge in [0.15, 0.2) is 0 Å². The number of hydrogen-bond donors (Lipinski definition) is 2. The molecule has 2 amide bonds. The summed E-state index contributed by atoms with van der Waals surface area (Å²) >= 11 is 0. The Morgan fingerprint density at radius 3 is 2.72 bits per heavy atom. The Bertz CT molecular complexity index is 853. The monoisotopic (exact) mass is 397 g/mol. The molecule has 4 rings (SSSR count). The average Bonchev–Trinajstić information content (AvgIpc) is 3.25. The van der Waals surface area contributed by atoms with Crippen molar-refractivity contribution >= 4 is 11.8 Å². The number of aromatic amines is 1. The maximum atomic E-state index is 13.3. The summed E-state index contributed by atoms with van der Waals surface area (Å²) in [6.07, 6.45) is 3.94. The highest BCUT2D eigenvalue weighted by molar-refractivity contribution is 5.95. The van der Waals surface area contributed by atoms with E-state index in [1.165, 1.54) is 0 Å². The van der Waals surface area contributed by atoms with Gasteiger partial charge in [0.2, 0.25) is 5.91 Å². The summed E-state index contributed by atoms with van der Waals surface area (Å²) in [5.41, 5.74) is 0.940. The van der Waals surface area contributed by atoms with Crippen LogP contribution in [0.5, 0.6) is 5.75 Å². The van der Waals surface area contributed by atoms with Gasteiger partial charge in [0.25, 0.3) is 5.91 Å². The fourth-order valence-electron chi connectivity index (χ4n) is 4.15. The van der Waals surface area contributed by atoms with Crippen molar-refractivity contribution < 1.29 is 19.1 Å². The SMILES string of the molecule is COc1cccc(CC2(C(=O)NC3CCOCC3)CN(C(=O)c3ccc[nH]3)C2)c1. The third-order valence-electron chi connectivity index (χ3n) is 5.82. The number of carbonyl (C=O) groups is 2. The zero-order valence-electron chi connectivity index (χ0n) is 16.6. The molecule has 154 valence electrons. The summed E-state index contributed by atoms with van der Waals surface area (Å²) in [4.78, 5) is 30.7. The van der Waals surface area contributed by atoms with Gasteiger partial charge in [-0.25, -0.2) is 0 Å². The highest BCUT2D eigenvalue weighted by atomic mass is 16.5. The lowest BCUT2D eigenvalue weighted by atomic mass is 9.73. The van der Waals surface area contributed by atoms with E-state index >= 15 is 0 Å². The average molecular weight is 397 g/mol. The molecule has 1 aromatic carbocycles. The van der Waals surface area contributed by atoms with Crippen LogP contribution >= 0.6 is 0 Å². The number of aromatic nitrogens is 1. The van der Waals surface area contributed by atoms with Gasteiger partial charge >= 0.3 is 0 Å². The second kappa shape index (κ2) is 8.29. The van der Waals surface area contributed by atoms with Crippen molar-refractivity contribution in [3.63, 3.8) is 0 Å². The van der Waals surface area contributed by atoms with Gasteiger partial charge < -0.3 is 24.7 Å². The largest absolute Gasteiger partial charge is 0.497 e. The number of rotatable bonds is 6. The van der Waals surface area contributed by atoms with Crippen molar-refractivity contribution in [2.75, 3.05) is 33.4 Å². The Kier molecular flexibility index (Phi) is 5.58. The maximum Gasteiger partial charge on any atom is 0.270 e. The Hall–Kier alpha value is -2.80. The molecule has 2 aromatic rings. The normalized spacial score (nSPS) is 18.7. The summed E-state index contributed by atoms with van der Waals surface area (Å²) in [5, 5.41) is 3.21. The molecule has 2 aliphatic rings. The number of ether oxygens (including phenoxy) is 2. The zero-order valence-corrected chi connectivity index (χ0v) is 16.6. The van der Waals surface area contributed by atoms with Crippen LogP contribution in [0.4, 0.5) is 0 Å². The lowest BCUT2D eigenvalue weighted by Gasteiger charge is -2.49. The first-order valence-electron chi connectivity index (χ1n) is 10.0. The van der Waals surface area contributed by atoms with Gasteiger partial charge in [-0.3, -0.25) is 9.59 Å². The molecule has 29 heavy (non-hydrogen) atoms. The van der Waals surface area contributed by atoms with Gasteiger partial charge in [-0.05, 0) is 49.1 Å². The Labute approximate surface area is 170 Å². The van der Waals surface area contributed by atoms with E-state index in [-0.39, 0.29) is 17.9 Å². The Morgan fingerprint density at radius 1 is 1.24 bits per heavy atom. The number of nitrogens with zero attached hydrogens (tertiary/aromatic N) is 1. The molecule has 0 bridgehead atoms. The number of likely N-dealkylation sites (tertiary alicyclic amines) is 1. The molecule has 0 atom stereocenters. The van der Waals surface area contributed by atoms with Gasteiger partial charge in [-0.1, -0.05) is 12.1 Å². The predicted molar refractivity (Wildman–Crippen MR) is 108 cm³/mol. The Balaban J connectivity index is 1.51. The van der Waals surface area contributed by atoms with E-state index in [0.29, 0.717) is 38.4 Å². The molecule has 0 radical (unpaired) electrons. The van der Waals surface area contributed by atoms with Crippen LogP contribution in [0.2, 0.25) is 0 Å². The van der Waals surface area contributed by atoms with Crippen molar-refractivity contribution in [1.82, 2.24) is 15.2 Å². The molecule has 0 aliphatic carbocycles. The minimum Gasteiger partial charge on any atom is -0.497 e.